The summed E-state index contributed by atoms with van der Waals surface area (Å²) in [5, 5.41) is 25.0. The van der Waals surface area contributed by atoms with E-state index in [2.05, 4.69) is 30.6 Å². The summed E-state index contributed by atoms with van der Waals surface area (Å²) in [6.07, 6.45) is 0.662. The molecule has 1 atom stereocenters. The summed E-state index contributed by atoms with van der Waals surface area (Å²) in [5.41, 5.74) is 6.43. The van der Waals surface area contributed by atoms with Crippen LogP contribution >= 0.6 is 12.4 Å². The molecule has 3 aromatic rings. The second-order valence-electron chi connectivity index (χ2n) is 6.69. The Morgan fingerprint density at radius 1 is 1.18 bits per heavy atom. The summed E-state index contributed by atoms with van der Waals surface area (Å²) in [6, 6.07) is 4.78. The monoisotopic (exact) mass is 499 g/mol. The number of aromatic nitrogens is 4. The first kappa shape index (κ1) is 28.8. The molecule has 0 spiro atoms. The Labute approximate surface area is 220 Å². The number of nitrogens with zero attached hydrogens (tertiary/aromatic N) is 3. The number of carboxylic acid groups (broad SMARTS) is 2. The maximum absolute atomic E-state index is 12.3. The van der Waals surface area contributed by atoms with Crippen LogP contribution in [0.4, 0.5) is 11.6 Å². The summed E-state index contributed by atoms with van der Waals surface area (Å²) in [6.45, 7) is 0.225. The normalized spacial score (nSPS) is 10.9. The number of halogens is 1. The summed E-state index contributed by atoms with van der Waals surface area (Å²) >= 11 is 0. The molecule has 0 aliphatic carbocycles. The van der Waals surface area contributed by atoms with Crippen LogP contribution in [0.15, 0.2) is 35.3 Å². The summed E-state index contributed by atoms with van der Waals surface area (Å²) < 4.78 is 0. The van der Waals surface area contributed by atoms with Crippen molar-refractivity contribution in [2.45, 2.75) is 25.4 Å². The fraction of sp³-hybridized carbons (Fsp3) is 0.211. The van der Waals surface area contributed by atoms with E-state index in [-0.39, 0.29) is 77.6 Å². The minimum absolute atomic E-state index is 0. The third kappa shape index (κ3) is 7.66. The van der Waals surface area contributed by atoms with E-state index >= 15 is 0 Å². The number of carbonyl (C=O) groups is 3. The van der Waals surface area contributed by atoms with Crippen molar-refractivity contribution in [3.05, 3.63) is 52.1 Å². The topological polar surface area (TPSA) is 216 Å². The first-order valence-corrected chi connectivity index (χ1v) is 9.32. The zero-order chi connectivity index (χ0) is 23.3. The third-order valence-corrected chi connectivity index (χ3v) is 4.35. The number of benzene rings is 1. The molecule has 0 saturated carbocycles. The van der Waals surface area contributed by atoms with Gasteiger partial charge in [0, 0.05) is 17.2 Å². The Bertz CT molecular complexity index is 1240. The first-order valence-electron chi connectivity index (χ1n) is 9.32. The Kier molecular flexibility index (Phi) is 10.9. The number of nitrogens with two attached hydrogens (primary N) is 1. The molecule has 34 heavy (non-hydrogen) atoms. The van der Waals surface area contributed by atoms with Gasteiger partial charge in [-0.05, 0) is 37.1 Å². The van der Waals surface area contributed by atoms with Crippen molar-refractivity contribution in [1.29, 1.82) is 0 Å². The average molecular weight is 500 g/mol. The molecule has 1 unspecified atom stereocenters. The van der Waals surface area contributed by atoms with Crippen LogP contribution < -0.4 is 56.6 Å². The van der Waals surface area contributed by atoms with Gasteiger partial charge in [-0.2, -0.15) is 4.98 Å². The minimum atomic E-state index is -1.40. The van der Waals surface area contributed by atoms with Gasteiger partial charge < -0.3 is 31.4 Å². The fourth-order valence-electron chi connectivity index (χ4n) is 2.75. The Morgan fingerprint density at radius 2 is 1.85 bits per heavy atom. The van der Waals surface area contributed by atoms with Crippen LogP contribution in [0.5, 0.6) is 0 Å². The number of aromatic amines is 1. The van der Waals surface area contributed by atoms with E-state index < -0.39 is 35.9 Å². The van der Waals surface area contributed by atoms with Gasteiger partial charge in [-0.25, -0.2) is 14.8 Å². The number of aliphatic carboxylic acids is 2. The maximum atomic E-state index is 12.3. The van der Waals surface area contributed by atoms with Crippen LogP contribution in [0.25, 0.3) is 11.2 Å². The predicted octanol–water partition coefficient (Wildman–Crippen LogP) is -3.95. The van der Waals surface area contributed by atoms with Crippen LogP contribution in [0.2, 0.25) is 0 Å². The van der Waals surface area contributed by atoms with E-state index in [9.17, 15) is 24.3 Å². The minimum Gasteiger partial charge on any atom is -0.550 e. The molecule has 0 aliphatic rings. The first-order chi connectivity index (χ1) is 15.2. The Balaban J connectivity index is 0.00000289. The van der Waals surface area contributed by atoms with E-state index in [4.69, 9.17) is 10.8 Å². The zero-order valence-corrected chi connectivity index (χ0v) is 20.7. The van der Waals surface area contributed by atoms with Gasteiger partial charge in [0.15, 0.2) is 11.2 Å². The number of nitrogen functional groups attached to an aromatic ring is 1. The summed E-state index contributed by atoms with van der Waals surface area (Å²) in [5.74, 6) is -3.46. The van der Waals surface area contributed by atoms with E-state index in [1.54, 1.807) is 12.1 Å². The van der Waals surface area contributed by atoms with Gasteiger partial charge >= 0.3 is 35.5 Å². The quantitative estimate of drug-likeness (QED) is 0.179. The molecule has 174 valence electrons. The van der Waals surface area contributed by atoms with Crippen molar-refractivity contribution >= 4 is 53.1 Å². The van der Waals surface area contributed by atoms with Gasteiger partial charge in [0.25, 0.3) is 11.5 Å². The number of nitrogens with one attached hydrogen (secondary N) is 3. The predicted molar refractivity (Wildman–Crippen MR) is 117 cm³/mol. The zero-order valence-electron chi connectivity index (χ0n) is 17.9. The number of hydrogen-bond acceptors (Lipinski definition) is 10. The van der Waals surface area contributed by atoms with Crippen molar-refractivity contribution in [2.75, 3.05) is 11.1 Å². The number of carboxylic acids is 2. The van der Waals surface area contributed by atoms with Crippen molar-refractivity contribution in [3.8, 4) is 0 Å². The standard InChI is InChI=1S/C19H19N7O6.ClH.Na/c20-19-25-15-14(17(30)26-19)23-11(8-22-15)7-21-10-3-1-9(2-4-10)16(29)24-12(18(31)32)5-6-13(27)28;;/h1-4,8,12,21H,5-7H2,(H,24,29)(H,27,28)(H,31,32)(H3,20,22,25,26,30);1H;/q;;+1/p-1. The third-order valence-electron chi connectivity index (χ3n) is 4.35. The van der Waals surface area contributed by atoms with Crippen LogP contribution in [0, 0.1) is 0 Å². The molecule has 0 bridgehead atoms. The Hall–Kier alpha value is -3.26. The van der Waals surface area contributed by atoms with Crippen LogP contribution in [0.1, 0.15) is 28.9 Å². The molecule has 6 N–H and O–H groups in total. The van der Waals surface area contributed by atoms with Crippen LogP contribution in [-0.2, 0) is 16.1 Å². The average Bonchev–Trinajstić information content (AvgIpc) is 2.75. The molecular weight excluding hydrogens is 481 g/mol. The van der Waals surface area contributed by atoms with E-state index in [0.717, 1.165) is 0 Å². The van der Waals surface area contributed by atoms with E-state index in [1.165, 1.54) is 18.3 Å². The van der Waals surface area contributed by atoms with Gasteiger partial charge in [-0.15, -0.1) is 12.4 Å². The van der Waals surface area contributed by atoms with Crippen molar-refractivity contribution in [2.24, 2.45) is 0 Å². The second kappa shape index (κ2) is 12.8. The molecule has 1 amide bonds. The van der Waals surface area contributed by atoms with Gasteiger partial charge in [0.05, 0.1) is 18.4 Å². The number of anilines is 2. The molecule has 2 aromatic heterocycles. The fourth-order valence-corrected chi connectivity index (χ4v) is 2.75. The number of rotatable bonds is 9. The summed E-state index contributed by atoms with van der Waals surface area (Å²) in [7, 11) is 0. The molecule has 15 heteroatoms. The number of amides is 1. The SMILES string of the molecule is Cl.Nc1nc2ncc(CNc3ccc(C(=O)NC(CCC(=O)[O-])C(=O)O)cc3)nc2c(=O)[nH]1.[Na+]. The molecule has 0 aliphatic heterocycles. The molecular formula is C19H19ClN7NaO6. The van der Waals surface area contributed by atoms with Crippen LogP contribution in [-0.4, -0.2) is 48.9 Å². The van der Waals surface area contributed by atoms with Crippen LogP contribution in [0.3, 0.4) is 0 Å². The van der Waals surface area contributed by atoms with Gasteiger partial charge in [-0.1, -0.05) is 0 Å². The van der Waals surface area contributed by atoms with Crippen molar-refractivity contribution in [3.63, 3.8) is 0 Å². The molecule has 3 rings (SSSR count). The maximum Gasteiger partial charge on any atom is 1.00 e. The number of fused-ring (bicyclic) bond motifs is 1. The van der Waals surface area contributed by atoms with Gasteiger partial charge in [0.1, 0.15) is 6.04 Å². The molecule has 2 heterocycles. The largest absolute Gasteiger partial charge is 1.00 e. The Morgan fingerprint density at radius 3 is 2.47 bits per heavy atom. The van der Waals surface area contributed by atoms with E-state index in [0.29, 0.717) is 11.4 Å². The van der Waals surface area contributed by atoms with Crippen molar-refractivity contribution in [1.82, 2.24) is 25.3 Å². The van der Waals surface area contributed by atoms with E-state index in [1.807, 2.05) is 0 Å². The number of hydrogen-bond donors (Lipinski definition) is 5. The molecule has 0 fully saturated rings. The van der Waals surface area contributed by atoms with Gasteiger partial charge in [0.2, 0.25) is 5.95 Å². The smallest absolute Gasteiger partial charge is 0.550 e. The molecule has 0 saturated heterocycles. The van der Waals surface area contributed by atoms with Gasteiger partial charge in [-0.3, -0.25) is 14.6 Å². The number of H-pyrrole nitrogens is 1. The molecule has 1 aromatic carbocycles. The molecule has 13 nitrogen and oxygen atoms in total. The number of carbonyl (C=O) groups excluding carboxylic acids is 2. The molecule has 0 radical (unpaired) electrons. The summed E-state index contributed by atoms with van der Waals surface area (Å²) in [4.78, 5) is 60.4. The van der Waals surface area contributed by atoms with Crippen molar-refractivity contribution < 1.29 is 54.2 Å². The second-order valence-corrected chi connectivity index (χ2v) is 6.69.